The van der Waals surface area contributed by atoms with Gasteiger partial charge >= 0.3 is 5.97 Å². The van der Waals surface area contributed by atoms with Crippen molar-refractivity contribution in [2.24, 2.45) is 5.41 Å². The van der Waals surface area contributed by atoms with Crippen LogP contribution in [0.1, 0.15) is 27.7 Å². The van der Waals surface area contributed by atoms with Gasteiger partial charge in [-0.3, -0.25) is 4.79 Å². The fourth-order valence-electron chi connectivity index (χ4n) is 0.321. The Morgan fingerprint density at radius 3 is 1.60 bits per heavy atom. The Hall–Kier alpha value is -0.313. The van der Waals surface area contributed by atoms with E-state index in [1.165, 1.54) is 0 Å². The van der Waals surface area contributed by atoms with Crippen LogP contribution in [0.4, 0.5) is 0 Å². The molecule has 0 radical (unpaired) electrons. The van der Waals surface area contributed by atoms with Crippen LogP contribution in [-0.4, -0.2) is 21.3 Å². The van der Waals surface area contributed by atoms with Crippen LogP contribution in [0.2, 0.25) is 5.04 Å². The third-order valence-corrected chi connectivity index (χ3v) is 4.34. The molecule has 10 heavy (non-hydrogen) atoms. The summed E-state index contributed by atoms with van der Waals surface area (Å²) in [7, 11) is 0.692. The van der Waals surface area contributed by atoms with E-state index in [0.29, 0.717) is 10.2 Å². The van der Waals surface area contributed by atoms with Crippen LogP contribution in [0, 0.1) is 5.41 Å². The number of carboxylic acids is 1. The minimum absolute atomic E-state index is 0.120. The lowest BCUT2D eigenvalue weighted by atomic mass is 9.81. The van der Waals surface area contributed by atoms with Crippen LogP contribution in [0.15, 0.2) is 0 Å². The lowest BCUT2D eigenvalue weighted by Crippen LogP contribution is -2.33. The van der Waals surface area contributed by atoms with Crippen molar-refractivity contribution in [3.8, 4) is 0 Å². The second-order valence-corrected chi connectivity index (χ2v) is 6.18. The average Bonchev–Trinajstić information content (AvgIpc) is 1.62. The minimum Gasteiger partial charge on any atom is -0.481 e. The summed E-state index contributed by atoms with van der Waals surface area (Å²) in [6.07, 6.45) is 0. The molecule has 2 nitrogen and oxygen atoms in total. The number of hydrogen-bond donors (Lipinski definition) is 1. The summed E-state index contributed by atoms with van der Waals surface area (Å²) in [5.41, 5.74) is -0.120. The van der Waals surface area contributed by atoms with Crippen molar-refractivity contribution in [3.05, 3.63) is 0 Å². The molecule has 0 aliphatic carbocycles. The molecule has 60 valence electrons. The van der Waals surface area contributed by atoms with E-state index in [2.05, 4.69) is 0 Å². The molecule has 0 aromatic carbocycles. The summed E-state index contributed by atoms with van der Waals surface area (Å²) in [6, 6.07) is 0. The molecular weight excluding hydrogens is 144 g/mol. The van der Waals surface area contributed by atoms with Gasteiger partial charge in [-0.15, -0.1) is 0 Å². The molecule has 0 aromatic heterocycles. The first-order valence-corrected chi connectivity index (χ1v) is 4.43. The van der Waals surface area contributed by atoms with Crippen molar-refractivity contribution in [1.82, 2.24) is 0 Å². The summed E-state index contributed by atoms with van der Waals surface area (Å²) < 4.78 is 0. The topological polar surface area (TPSA) is 37.3 Å². The quantitative estimate of drug-likeness (QED) is 0.572. The maximum atomic E-state index is 10.7. The predicted octanol–water partition coefficient (Wildman–Crippen LogP) is 0.661. The van der Waals surface area contributed by atoms with Gasteiger partial charge in [-0.1, -0.05) is 27.7 Å². The molecule has 0 amide bonds. The Balaban J connectivity index is 4.57. The molecule has 0 fully saturated rings. The van der Waals surface area contributed by atoms with Crippen molar-refractivity contribution in [2.45, 2.75) is 32.7 Å². The largest absolute Gasteiger partial charge is 0.481 e. The highest BCUT2D eigenvalue weighted by molar-refractivity contribution is 6.26. The van der Waals surface area contributed by atoms with Gasteiger partial charge in [0.05, 0.1) is 5.04 Å². The fraction of sp³-hybridized carbons (Fsp3) is 0.857. The molecule has 1 atom stereocenters. The van der Waals surface area contributed by atoms with Crippen molar-refractivity contribution in [2.75, 3.05) is 0 Å². The molecular formula is C7H16O2Si. The van der Waals surface area contributed by atoms with Gasteiger partial charge in [0.1, 0.15) is 0 Å². The van der Waals surface area contributed by atoms with Gasteiger partial charge in [-0.2, -0.15) is 0 Å². The number of carboxylic acid groups (broad SMARTS) is 1. The Bertz CT molecular complexity index is 144. The highest BCUT2D eigenvalue weighted by Crippen LogP contribution is 2.41. The van der Waals surface area contributed by atoms with Gasteiger partial charge in [0.25, 0.3) is 0 Å². The van der Waals surface area contributed by atoms with E-state index in [9.17, 15) is 4.79 Å². The Kier molecular flexibility index (Phi) is 2.31. The predicted molar refractivity (Wildman–Crippen MR) is 45.4 cm³/mol. The first-order valence-electron chi connectivity index (χ1n) is 3.43. The van der Waals surface area contributed by atoms with Crippen LogP contribution in [0.25, 0.3) is 0 Å². The van der Waals surface area contributed by atoms with E-state index in [1.807, 2.05) is 27.7 Å². The summed E-state index contributed by atoms with van der Waals surface area (Å²) in [5.74, 6) is -0.674. The Labute approximate surface area is 65.1 Å². The second-order valence-electron chi connectivity index (χ2n) is 4.18. The van der Waals surface area contributed by atoms with Gasteiger partial charge in [0.2, 0.25) is 0 Å². The number of hydrogen-bond acceptors (Lipinski definition) is 1. The van der Waals surface area contributed by atoms with Gasteiger partial charge in [0.15, 0.2) is 0 Å². The molecule has 0 bridgehead atoms. The smallest absolute Gasteiger partial charge is 0.306 e. The summed E-state index contributed by atoms with van der Waals surface area (Å²) in [5, 5.41) is 8.30. The third-order valence-electron chi connectivity index (χ3n) is 2.41. The normalized spacial score (nSPS) is 18.4. The van der Waals surface area contributed by atoms with Crippen molar-refractivity contribution in [1.29, 1.82) is 0 Å². The van der Waals surface area contributed by atoms with E-state index in [4.69, 9.17) is 5.11 Å². The first-order chi connectivity index (χ1) is 4.19. The van der Waals surface area contributed by atoms with E-state index >= 15 is 0 Å². The second kappa shape index (κ2) is 2.38. The van der Waals surface area contributed by atoms with Crippen LogP contribution >= 0.6 is 0 Å². The molecule has 1 N–H and O–H groups in total. The van der Waals surface area contributed by atoms with Gasteiger partial charge < -0.3 is 5.11 Å². The van der Waals surface area contributed by atoms with Crippen LogP contribution < -0.4 is 0 Å². The molecule has 0 aliphatic heterocycles. The highest BCUT2D eigenvalue weighted by atomic mass is 28.1. The van der Waals surface area contributed by atoms with Crippen molar-refractivity contribution in [3.63, 3.8) is 0 Å². The van der Waals surface area contributed by atoms with Crippen LogP contribution in [0.5, 0.6) is 0 Å². The number of rotatable bonds is 1. The number of carbonyl (C=O) groups is 1. The van der Waals surface area contributed by atoms with Crippen molar-refractivity contribution < 1.29 is 9.90 Å². The highest BCUT2D eigenvalue weighted by Gasteiger charge is 2.39. The first kappa shape index (κ1) is 9.69. The minimum atomic E-state index is -0.674. The summed E-state index contributed by atoms with van der Waals surface area (Å²) in [6.45, 7) is 7.71. The van der Waals surface area contributed by atoms with Crippen molar-refractivity contribution >= 4 is 16.2 Å². The molecule has 0 aliphatic rings. The molecule has 0 heterocycles. The Morgan fingerprint density at radius 1 is 1.30 bits per heavy atom. The number of aliphatic carboxylic acids is 1. The zero-order valence-corrected chi connectivity index (χ0v) is 9.36. The Morgan fingerprint density at radius 2 is 1.60 bits per heavy atom. The van der Waals surface area contributed by atoms with E-state index in [-0.39, 0.29) is 5.41 Å². The lowest BCUT2D eigenvalue weighted by molar-refractivity contribution is -0.143. The van der Waals surface area contributed by atoms with Gasteiger partial charge in [0, 0.05) is 10.2 Å². The molecule has 3 heteroatoms. The summed E-state index contributed by atoms with van der Waals surface area (Å²) >= 11 is 0. The van der Waals surface area contributed by atoms with E-state index < -0.39 is 11.0 Å². The standard InChI is InChI=1S/C7H16O2Si/c1-6(2,3)7(4,10)5(8)9/h1-4,10H3,(H,8,9). The summed E-state index contributed by atoms with van der Waals surface area (Å²) in [4.78, 5) is 10.7. The molecule has 0 rings (SSSR count). The van der Waals surface area contributed by atoms with E-state index in [0.717, 1.165) is 0 Å². The molecule has 0 spiro atoms. The van der Waals surface area contributed by atoms with E-state index in [1.54, 1.807) is 0 Å². The zero-order valence-electron chi connectivity index (χ0n) is 7.36. The fourth-order valence-corrected chi connectivity index (χ4v) is 0.321. The zero-order chi connectivity index (χ0) is 8.58. The molecule has 0 saturated carbocycles. The van der Waals surface area contributed by atoms with Gasteiger partial charge in [-0.25, -0.2) is 0 Å². The van der Waals surface area contributed by atoms with Crippen LogP contribution in [-0.2, 0) is 4.79 Å². The molecule has 0 aromatic rings. The molecule has 1 unspecified atom stereocenters. The van der Waals surface area contributed by atoms with Gasteiger partial charge in [-0.05, 0) is 5.41 Å². The monoisotopic (exact) mass is 160 g/mol. The van der Waals surface area contributed by atoms with Crippen LogP contribution in [0.3, 0.4) is 0 Å². The maximum absolute atomic E-state index is 10.7. The average molecular weight is 160 g/mol. The SMILES string of the molecule is CC(C)(C)C(C)([SiH3])C(=O)O. The lowest BCUT2D eigenvalue weighted by Gasteiger charge is -2.34. The third kappa shape index (κ3) is 1.59. The maximum Gasteiger partial charge on any atom is 0.306 e. The molecule has 0 saturated heterocycles.